The molecule has 2 aliphatic heterocycles. The molecular weight excluding hydrogens is 180 g/mol. The van der Waals surface area contributed by atoms with E-state index >= 15 is 0 Å². The number of fused-ring (bicyclic) bond motifs is 1. The van der Waals surface area contributed by atoms with Gasteiger partial charge in [0.25, 0.3) is 0 Å². The van der Waals surface area contributed by atoms with Crippen molar-refractivity contribution in [3.63, 3.8) is 0 Å². The van der Waals surface area contributed by atoms with Crippen molar-refractivity contribution in [2.45, 2.75) is 25.2 Å². The Bertz CT molecular complexity index is 282. The van der Waals surface area contributed by atoms with Crippen LogP contribution < -0.4 is 0 Å². The van der Waals surface area contributed by atoms with Gasteiger partial charge in [-0.15, -0.1) is 0 Å². The largest absolute Gasteiger partial charge is 0.377 e. The van der Waals surface area contributed by atoms with Crippen molar-refractivity contribution in [1.29, 1.82) is 5.26 Å². The third kappa shape index (κ3) is 1.61. The van der Waals surface area contributed by atoms with E-state index in [9.17, 15) is 0 Å². The molecule has 4 heteroatoms. The maximum Gasteiger partial charge on any atom is 0.133 e. The van der Waals surface area contributed by atoms with Gasteiger partial charge in [0.15, 0.2) is 0 Å². The molecule has 76 valence electrons. The maximum absolute atomic E-state index is 8.97. The molecular formula is C10H14N2O2. The number of hydrogen-bond acceptors (Lipinski definition) is 4. The molecule has 2 atom stereocenters. The first-order chi connectivity index (χ1) is 6.85. The lowest BCUT2D eigenvalue weighted by Crippen LogP contribution is -2.46. The molecule has 0 N–H and O–H groups in total. The Kier molecular flexibility index (Phi) is 2.71. The first-order valence-corrected chi connectivity index (χ1v) is 4.88. The molecule has 0 aliphatic carbocycles. The number of hydrogen-bond donors (Lipinski definition) is 0. The fourth-order valence-electron chi connectivity index (χ4n) is 1.96. The van der Waals surface area contributed by atoms with E-state index in [0.717, 1.165) is 26.0 Å². The van der Waals surface area contributed by atoms with Gasteiger partial charge in [0.1, 0.15) is 18.0 Å². The van der Waals surface area contributed by atoms with Crippen LogP contribution in [0.15, 0.2) is 11.8 Å². The van der Waals surface area contributed by atoms with Gasteiger partial charge in [-0.25, -0.2) is 0 Å². The van der Waals surface area contributed by atoms with Gasteiger partial charge in [0.05, 0.1) is 12.7 Å². The van der Waals surface area contributed by atoms with Crippen molar-refractivity contribution in [3.05, 3.63) is 11.8 Å². The lowest BCUT2D eigenvalue weighted by molar-refractivity contribution is -0.104. The smallest absolute Gasteiger partial charge is 0.133 e. The van der Waals surface area contributed by atoms with E-state index in [2.05, 4.69) is 6.07 Å². The van der Waals surface area contributed by atoms with E-state index in [1.54, 1.807) is 7.11 Å². The van der Waals surface area contributed by atoms with Crippen molar-refractivity contribution in [3.8, 4) is 6.07 Å². The summed E-state index contributed by atoms with van der Waals surface area (Å²) in [7, 11) is 1.66. The number of rotatable bonds is 1. The molecule has 0 aromatic heterocycles. The fraction of sp³-hybridized carbons (Fsp3) is 0.700. The van der Waals surface area contributed by atoms with E-state index in [1.165, 1.54) is 0 Å². The summed E-state index contributed by atoms with van der Waals surface area (Å²) in [5.41, 5.74) is 0.688. The summed E-state index contributed by atoms with van der Waals surface area (Å²) < 4.78 is 10.8. The SMILES string of the molecule is COC1C=C(C#N)N2CCCOC2C1. The average molecular weight is 194 g/mol. The zero-order valence-corrected chi connectivity index (χ0v) is 8.27. The number of nitriles is 1. The summed E-state index contributed by atoms with van der Waals surface area (Å²) in [5, 5.41) is 8.97. The van der Waals surface area contributed by atoms with Crippen LogP contribution in [-0.2, 0) is 9.47 Å². The van der Waals surface area contributed by atoms with Crippen LogP contribution in [-0.4, -0.2) is 37.5 Å². The number of allylic oxidation sites excluding steroid dienone is 1. The van der Waals surface area contributed by atoms with E-state index in [0.29, 0.717) is 5.70 Å². The van der Waals surface area contributed by atoms with Crippen LogP contribution in [0.3, 0.4) is 0 Å². The van der Waals surface area contributed by atoms with Gasteiger partial charge in [-0.2, -0.15) is 5.26 Å². The highest BCUT2D eigenvalue weighted by Crippen LogP contribution is 2.26. The Morgan fingerprint density at radius 2 is 2.57 bits per heavy atom. The minimum absolute atomic E-state index is 0.0176. The minimum atomic E-state index is 0.0176. The van der Waals surface area contributed by atoms with Crippen molar-refractivity contribution < 1.29 is 9.47 Å². The Labute approximate surface area is 83.7 Å². The van der Waals surface area contributed by atoms with E-state index in [-0.39, 0.29) is 12.3 Å². The van der Waals surface area contributed by atoms with Gasteiger partial charge in [-0.1, -0.05) is 0 Å². The number of ether oxygens (including phenoxy) is 2. The molecule has 0 aromatic rings. The zero-order valence-electron chi connectivity index (χ0n) is 8.27. The topological polar surface area (TPSA) is 45.5 Å². The minimum Gasteiger partial charge on any atom is -0.377 e. The highest BCUT2D eigenvalue weighted by atomic mass is 16.5. The number of methoxy groups -OCH3 is 1. The monoisotopic (exact) mass is 194 g/mol. The van der Waals surface area contributed by atoms with Gasteiger partial charge in [-0.3, -0.25) is 0 Å². The second-order valence-electron chi connectivity index (χ2n) is 3.55. The summed E-state index contributed by atoms with van der Waals surface area (Å²) in [5.74, 6) is 0. The van der Waals surface area contributed by atoms with Crippen molar-refractivity contribution in [1.82, 2.24) is 4.90 Å². The Morgan fingerprint density at radius 1 is 1.71 bits per heavy atom. The van der Waals surface area contributed by atoms with Crippen LogP contribution in [0.1, 0.15) is 12.8 Å². The van der Waals surface area contributed by atoms with Gasteiger partial charge in [-0.05, 0) is 12.5 Å². The highest BCUT2D eigenvalue weighted by molar-refractivity contribution is 5.24. The van der Waals surface area contributed by atoms with Crippen LogP contribution in [0, 0.1) is 11.3 Å². The van der Waals surface area contributed by atoms with Crippen LogP contribution in [0.5, 0.6) is 0 Å². The van der Waals surface area contributed by atoms with Gasteiger partial charge in [0, 0.05) is 20.1 Å². The lowest BCUT2D eigenvalue weighted by Gasteiger charge is -2.40. The summed E-state index contributed by atoms with van der Waals surface area (Å²) in [6.07, 6.45) is 3.75. The maximum atomic E-state index is 8.97. The molecule has 0 bridgehead atoms. The van der Waals surface area contributed by atoms with Gasteiger partial charge < -0.3 is 14.4 Å². The molecule has 0 aromatic carbocycles. The first-order valence-electron chi connectivity index (χ1n) is 4.88. The second kappa shape index (κ2) is 3.99. The van der Waals surface area contributed by atoms with Crippen molar-refractivity contribution in [2.24, 2.45) is 0 Å². The molecule has 1 saturated heterocycles. The standard InChI is InChI=1S/C10H14N2O2/c1-13-9-5-8(7-11)12-3-2-4-14-10(12)6-9/h5,9-10H,2-4,6H2,1H3. The average Bonchev–Trinajstić information content (AvgIpc) is 2.27. The molecule has 2 heterocycles. The van der Waals surface area contributed by atoms with Crippen LogP contribution >= 0.6 is 0 Å². The first kappa shape index (κ1) is 9.50. The van der Waals surface area contributed by atoms with E-state index in [1.807, 2.05) is 11.0 Å². The van der Waals surface area contributed by atoms with Gasteiger partial charge in [0.2, 0.25) is 0 Å². The Balaban J connectivity index is 2.19. The molecule has 2 rings (SSSR count). The quantitative estimate of drug-likeness (QED) is 0.621. The van der Waals surface area contributed by atoms with E-state index < -0.39 is 0 Å². The van der Waals surface area contributed by atoms with E-state index in [4.69, 9.17) is 14.7 Å². The third-order valence-electron chi connectivity index (χ3n) is 2.71. The summed E-state index contributed by atoms with van der Waals surface area (Å²) in [6, 6.07) is 2.19. The fourth-order valence-corrected chi connectivity index (χ4v) is 1.96. The molecule has 2 aliphatic rings. The summed E-state index contributed by atoms with van der Waals surface area (Å²) in [6.45, 7) is 1.71. The molecule has 0 radical (unpaired) electrons. The molecule has 1 fully saturated rings. The lowest BCUT2D eigenvalue weighted by atomic mass is 10.1. The van der Waals surface area contributed by atoms with Crippen LogP contribution in [0.4, 0.5) is 0 Å². The third-order valence-corrected chi connectivity index (χ3v) is 2.71. The summed E-state index contributed by atoms with van der Waals surface area (Å²) >= 11 is 0. The van der Waals surface area contributed by atoms with Crippen LogP contribution in [0.2, 0.25) is 0 Å². The molecule has 2 unspecified atom stereocenters. The molecule has 0 amide bonds. The predicted octanol–water partition coefficient (Wildman–Crippen LogP) is 0.861. The molecule has 14 heavy (non-hydrogen) atoms. The van der Waals surface area contributed by atoms with Gasteiger partial charge >= 0.3 is 0 Å². The van der Waals surface area contributed by atoms with Crippen molar-refractivity contribution >= 4 is 0 Å². The zero-order chi connectivity index (χ0) is 9.97. The Hall–Kier alpha value is -1.05. The molecule has 0 spiro atoms. The predicted molar refractivity (Wildman–Crippen MR) is 50.2 cm³/mol. The molecule has 0 saturated carbocycles. The number of nitrogens with zero attached hydrogens (tertiary/aromatic N) is 2. The molecule has 4 nitrogen and oxygen atoms in total. The Morgan fingerprint density at radius 3 is 3.29 bits per heavy atom. The second-order valence-corrected chi connectivity index (χ2v) is 3.55. The normalized spacial score (nSPS) is 31.7. The van der Waals surface area contributed by atoms with Crippen molar-refractivity contribution in [2.75, 3.05) is 20.3 Å². The van der Waals surface area contributed by atoms with Crippen LogP contribution in [0.25, 0.3) is 0 Å². The highest BCUT2D eigenvalue weighted by Gasteiger charge is 2.31. The summed E-state index contributed by atoms with van der Waals surface area (Å²) in [4.78, 5) is 2.03.